The van der Waals surface area contributed by atoms with Gasteiger partial charge < -0.3 is 10.6 Å². The van der Waals surface area contributed by atoms with Gasteiger partial charge in [-0.05, 0) is 43.4 Å². The lowest BCUT2D eigenvalue weighted by atomic mass is 9.93. The standard InChI is InChI=1S/C13H21N3/c1-10-4-6-16(11(2)7-10)13-8-12(9-14)3-5-15-13/h3,5,8,10-11H,4,6-7,9,14H2,1-2H3. The minimum Gasteiger partial charge on any atom is -0.354 e. The topological polar surface area (TPSA) is 42.1 Å². The largest absolute Gasteiger partial charge is 0.354 e. The molecule has 1 aliphatic rings. The van der Waals surface area contributed by atoms with Crippen molar-refractivity contribution in [3.63, 3.8) is 0 Å². The molecule has 2 heterocycles. The summed E-state index contributed by atoms with van der Waals surface area (Å²) in [5.41, 5.74) is 6.82. The first-order chi connectivity index (χ1) is 7.70. The van der Waals surface area contributed by atoms with Crippen molar-refractivity contribution in [2.75, 3.05) is 11.4 Å². The summed E-state index contributed by atoms with van der Waals surface area (Å²) in [5.74, 6) is 1.92. The van der Waals surface area contributed by atoms with Gasteiger partial charge in [-0.1, -0.05) is 6.92 Å². The van der Waals surface area contributed by atoms with E-state index in [0.717, 1.165) is 23.8 Å². The van der Waals surface area contributed by atoms with Crippen LogP contribution in [0.5, 0.6) is 0 Å². The molecule has 0 aliphatic carbocycles. The Balaban J connectivity index is 2.16. The van der Waals surface area contributed by atoms with Crippen LogP contribution in [0.25, 0.3) is 0 Å². The van der Waals surface area contributed by atoms with Crippen molar-refractivity contribution < 1.29 is 0 Å². The molecule has 1 aromatic rings. The molecule has 1 aliphatic heterocycles. The number of hydrogen-bond acceptors (Lipinski definition) is 3. The molecule has 2 unspecified atom stereocenters. The molecule has 1 aromatic heterocycles. The van der Waals surface area contributed by atoms with E-state index in [1.807, 2.05) is 12.3 Å². The maximum absolute atomic E-state index is 5.66. The maximum atomic E-state index is 5.66. The number of aromatic nitrogens is 1. The average Bonchev–Trinajstić information content (AvgIpc) is 2.29. The van der Waals surface area contributed by atoms with Gasteiger partial charge in [0.2, 0.25) is 0 Å². The Morgan fingerprint density at radius 2 is 2.31 bits per heavy atom. The van der Waals surface area contributed by atoms with Crippen LogP contribution >= 0.6 is 0 Å². The maximum Gasteiger partial charge on any atom is 0.129 e. The van der Waals surface area contributed by atoms with Crippen LogP contribution < -0.4 is 10.6 Å². The summed E-state index contributed by atoms with van der Waals surface area (Å²) < 4.78 is 0. The Hall–Kier alpha value is -1.09. The predicted octanol–water partition coefficient (Wildman–Crippen LogP) is 2.17. The van der Waals surface area contributed by atoms with Gasteiger partial charge in [-0.3, -0.25) is 0 Å². The molecule has 1 saturated heterocycles. The number of pyridine rings is 1. The average molecular weight is 219 g/mol. The first-order valence-corrected chi connectivity index (χ1v) is 6.12. The number of piperidine rings is 1. The van der Waals surface area contributed by atoms with E-state index in [0.29, 0.717) is 12.6 Å². The highest BCUT2D eigenvalue weighted by Crippen LogP contribution is 2.26. The van der Waals surface area contributed by atoms with E-state index in [2.05, 4.69) is 29.8 Å². The van der Waals surface area contributed by atoms with Gasteiger partial charge in [0, 0.05) is 25.3 Å². The van der Waals surface area contributed by atoms with Gasteiger partial charge in [-0.15, -0.1) is 0 Å². The molecule has 0 bridgehead atoms. The second-order valence-electron chi connectivity index (χ2n) is 4.90. The Labute approximate surface area is 97.7 Å². The molecular weight excluding hydrogens is 198 g/mol. The fourth-order valence-corrected chi connectivity index (χ4v) is 2.49. The SMILES string of the molecule is CC1CCN(c2cc(CN)ccn2)C(C)C1. The number of anilines is 1. The van der Waals surface area contributed by atoms with Crippen LogP contribution in [-0.2, 0) is 6.54 Å². The normalized spacial score (nSPS) is 25.8. The van der Waals surface area contributed by atoms with Gasteiger partial charge in [0.05, 0.1) is 0 Å². The summed E-state index contributed by atoms with van der Waals surface area (Å²) in [6.07, 6.45) is 4.38. The molecule has 0 amide bonds. The van der Waals surface area contributed by atoms with Crippen molar-refractivity contribution in [1.82, 2.24) is 4.98 Å². The van der Waals surface area contributed by atoms with E-state index in [1.54, 1.807) is 0 Å². The van der Waals surface area contributed by atoms with Gasteiger partial charge in [-0.25, -0.2) is 4.98 Å². The van der Waals surface area contributed by atoms with Crippen molar-refractivity contribution in [1.29, 1.82) is 0 Å². The highest BCUT2D eigenvalue weighted by molar-refractivity contribution is 5.42. The summed E-state index contributed by atoms with van der Waals surface area (Å²) in [7, 11) is 0. The van der Waals surface area contributed by atoms with Crippen LogP contribution in [0.3, 0.4) is 0 Å². The number of rotatable bonds is 2. The van der Waals surface area contributed by atoms with Crippen molar-refractivity contribution in [3.05, 3.63) is 23.9 Å². The van der Waals surface area contributed by atoms with Crippen LogP contribution in [0.15, 0.2) is 18.3 Å². The predicted molar refractivity (Wildman–Crippen MR) is 67.3 cm³/mol. The Bertz CT molecular complexity index is 351. The summed E-state index contributed by atoms with van der Waals surface area (Å²) in [5, 5.41) is 0. The fraction of sp³-hybridized carbons (Fsp3) is 0.615. The van der Waals surface area contributed by atoms with E-state index in [-0.39, 0.29) is 0 Å². The lowest BCUT2D eigenvalue weighted by Gasteiger charge is -2.37. The molecule has 3 nitrogen and oxygen atoms in total. The van der Waals surface area contributed by atoms with Crippen molar-refractivity contribution in [3.8, 4) is 0 Å². The van der Waals surface area contributed by atoms with Crippen LogP contribution in [0, 0.1) is 5.92 Å². The third-order valence-corrected chi connectivity index (χ3v) is 3.48. The third-order valence-electron chi connectivity index (χ3n) is 3.48. The van der Waals surface area contributed by atoms with Gasteiger partial charge in [0.1, 0.15) is 5.82 Å². The lowest BCUT2D eigenvalue weighted by Crippen LogP contribution is -2.40. The summed E-state index contributed by atoms with van der Waals surface area (Å²) >= 11 is 0. The quantitative estimate of drug-likeness (QED) is 0.829. The third kappa shape index (κ3) is 2.35. The molecular formula is C13H21N3. The summed E-state index contributed by atoms with van der Waals surface area (Å²) in [6, 6.07) is 4.69. The molecule has 16 heavy (non-hydrogen) atoms. The van der Waals surface area contributed by atoms with Crippen LogP contribution in [-0.4, -0.2) is 17.6 Å². The van der Waals surface area contributed by atoms with Crippen molar-refractivity contribution >= 4 is 5.82 Å². The van der Waals surface area contributed by atoms with Crippen LogP contribution in [0.4, 0.5) is 5.82 Å². The fourth-order valence-electron chi connectivity index (χ4n) is 2.49. The van der Waals surface area contributed by atoms with Crippen LogP contribution in [0.1, 0.15) is 32.3 Å². The summed E-state index contributed by atoms with van der Waals surface area (Å²) in [6.45, 7) is 6.32. The zero-order valence-corrected chi connectivity index (χ0v) is 10.2. The van der Waals surface area contributed by atoms with Gasteiger partial charge in [0.15, 0.2) is 0 Å². The van der Waals surface area contributed by atoms with Gasteiger partial charge in [-0.2, -0.15) is 0 Å². The molecule has 0 spiro atoms. The lowest BCUT2D eigenvalue weighted by molar-refractivity contribution is 0.376. The number of nitrogens with two attached hydrogens (primary N) is 1. The zero-order chi connectivity index (χ0) is 11.5. The molecule has 0 saturated carbocycles. The minimum absolute atomic E-state index is 0.587. The van der Waals surface area contributed by atoms with E-state index < -0.39 is 0 Å². The highest BCUT2D eigenvalue weighted by atomic mass is 15.2. The smallest absolute Gasteiger partial charge is 0.129 e. The first-order valence-electron chi connectivity index (χ1n) is 6.12. The number of hydrogen-bond donors (Lipinski definition) is 1. The second-order valence-corrected chi connectivity index (χ2v) is 4.90. The van der Waals surface area contributed by atoms with Gasteiger partial charge >= 0.3 is 0 Å². The van der Waals surface area contributed by atoms with E-state index in [1.165, 1.54) is 12.8 Å². The molecule has 0 aromatic carbocycles. The van der Waals surface area contributed by atoms with Crippen LogP contribution in [0.2, 0.25) is 0 Å². The Kier molecular flexibility index (Phi) is 3.44. The van der Waals surface area contributed by atoms with E-state index >= 15 is 0 Å². The molecule has 1 fully saturated rings. The second kappa shape index (κ2) is 4.83. The van der Waals surface area contributed by atoms with E-state index in [9.17, 15) is 0 Å². The Morgan fingerprint density at radius 1 is 1.50 bits per heavy atom. The molecule has 0 radical (unpaired) electrons. The van der Waals surface area contributed by atoms with E-state index in [4.69, 9.17) is 5.73 Å². The molecule has 88 valence electrons. The highest BCUT2D eigenvalue weighted by Gasteiger charge is 2.23. The first kappa shape index (κ1) is 11.4. The molecule has 2 N–H and O–H groups in total. The van der Waals surface area contributed by atoms with Crippen molar-refractivity contribution in [2.45, 2.75) is 39.3 Å². The van der Waals surface area contributed by atoms with Gasteiger partial charge in [0.25, 0.3) is 0 Å². The zero-order valence-electron chi connectivity index (χ0n) is 10.2. The minimum atomic E-state index is 0.587. The summed E-state index contributed by atoms with van der Waals surface area (Å²) in [4.78, 5) is 6.86. The van der Waals surface area contributed by atoms with Crippen molar-refractivity contribution in [2.24, 2.45) is 11.7 Å². The molecule has 2 atom stereocenters. The molecule has 2 rings (SSSR count). The molecule has 3 heteroatoms. The monoisotopic (exact) mass is 219 g/mol. The Morgan fingerprint density at radius 3 is 3.00 bits per heavy atom. The number of nitrogens with zero attached hydrogens (tertiary/aromatic N) is 2.